The Hall–Kier alpha value is -1.62. The summed E-state index contributed by atoms with van der Waals surface area (Å²) in [6.07, 6.45) is 15.3. The minimum absolute atomic E-state index is 0.0418. The van der Waals surface area contributed by atoms with Crippen molar-refractivity contribution >= 4 is 0 Å². The molecule has 4 saturated heterocycles. The second kappa shape index (κ2) is 12.9. The monoisotopic (exact) mass is 612 g/mol. The smallest absolute Gasteiger partial charge is 0.191 e. The van der Waals surface area contributed by atoms with E-state index in [2.05, 4.69) is 37.5 Å². The summed E-state index contributed by atoms with van der Waals surface area (Å²) in [7, 11) is 0. The Kier molecular flexibility index (Phi) is 9.46. The molecule has 0 aromatic carbocycles. The predicted octanol–water partition coefficient (Wildman–Crippen LogP) is 6.96. The highest BCUT2D eigenvalue weighted by atomic mass is 16.8. The molecular formula is C36H52O8. The van der Waals surface area contributed by atoms with Crippen LogP contribution in [0.3, 0.4) is 0 Å². The van der Waals surface area contributed by atoms with Crippen LogP contribution in [-0.2, 0) is 37.9 Å². The molecule has 6 aliphatic heterocycles. The van der Waals surface area contributed by atoms with E-state index >= 15 is 0 Å². The van der Waals surface area contributed by atoms with Crippen LogP contribution in [0.4, 0.5) is 0 Å². The van der Waals surface area contributed by atoms with E-state index < -0.39 is 11.6 Å². The topological polar surface area (TPSA) is 73.8 Å². The second-order valence-electron chi connectivity index (χ2n) is 14.4. The third kappa shape index (κ3) is 7.18. The molecule has 6 rings (SSSR count). The van der Waals surface area contributed by atoms with E-state index in [1.165, 1.54) is 11.1 Å². The Balaban J connectivity index is 0.965. The number of hydrogen-bond acceptors (Lipinski definition) is 8. The highest BCUT2D eigenvalue weighted by Gasteiger charge is 2.56. The first kappa shape index (κ1) is 32.3. The maximum absolute atomic E-state index is 6.49. The number of allylic oxidation sites excluding steroid dienone is 2. The van der Waals surface area contributed by atoms with Gasteiger partial charge in [0.25, 0.3) is 0 Å². The van der Waals surface area contributed by atoms with Gasteiger partial charge in [0.2, 0.25) is 0 Å². The van der Waals surface area contributed by atoms with Crippen molar-refractivity contribution < 1.29 is 37.9 Å². The largest absolute Gasteiger partial charge is 0.368 e. The van der Waals surface area contributed by atoms with Gasteiger partial charge in [0.05, 0.1) is 24.4 Å². The molecule has 0 saturated carbocycles. The first-order chi connectivity index (χ1) is 20.9. The Morgan fingerprint density at radius 3 is 1.43 bits per heavy atom. The lowest BCUT2D eigenvalue weighted by Crippen LogP contribution is -2.40. The molecule has 244 valence electrons. The summed E-state index contributed by atoms with van der Waals surface area (Å²) in [6.45, 7) is 20.1. The van der Waals surface area contributed by atoms with Crippen molar-refractivity contribution in [2.75, 3.05) is 0 Å². The van der Waals surface area contributed by atoms with Crippen LogP contribution in [0.2, 0.25) is 0 Å². The van der Waals surface area contributed by atoms with Gasteiger partial charge in [-0.15, -0.1) is 13.2 Å². The molecule has 10 atom stereocenters. The summed E-state index contributed by atoms with van der Waals surface area (Å²) in [5, 5.41) is 0. The van der Waals surface area contributed by atoms with Crippen molar-refractivity contribution in [2.45, 2.75) is 166 Å². The van der Waals surface area contributed by atoms with Crippen LogP contribution in [0.5, 0.6) is 0 Å². The van der Waals surface area contributed by atoms with Crippen LogP contribution >= 0.6 is 0 Å². The summed E-state index contributed by atoms with van der Waals surface area (Å²) in [4.78, 5) is 0. The van der Waals surface area contributed by atoms with Crippen molar-refractivity contribution in [1.29, 1.82) is 0 Å². The van der Waals surface area contributed by atoms with Gasteiger partial charge in [-0.1, -0.05) is 35.5 Å². The van der Waals surface area contributed by atoms with Gasteiger partial charge < -0.3 is 37.9 Å². The fourth-order valence-electron chi connectivity index (χ4n) is 7.37. The average Bonchev–Trinajstić information content (AvgIpc) is 3.60. The van der Waals surface area contributed by atoms with Gasteiger partial charge in [0, 0.05) is 0 Å². The van der Waals surface area contributed by atoms with E-state index in [1.807, 2.05) is 41.5 Å². The van der Waals surface area contributed by atoms with Gasteiger partial charge in [-0.2, -0.15) is 0 Å². The van der Waals surface area contributed by atoms with Crippen LogP contribution in [0, 0.1) is 0 Å². The summed E-state index contributed by atoms with van der Waals surface area (Å²) < 4.78 is 49.9. The van der Waals surface area contributed by atoms with E-state index in [1.54, 1.807) is 0 Å². The van der Waals surface area contributed by atoms with Gasteiger partial charge in [-0.25, -0.2) is 0 Å². The summed E-state index contributed by atoms with van der Waals surface area (Å²) in [5.74, 6) is -1.27. The molecule has 0 aromatic heterocycles. The van der Waals surface area contributed by atoms with Crippen LogP contribution in [0.25, 0.3) is 0 Å². The highest BCUT2D eigenvalue weighted by molar-refractivity contribution is 5.28. The minimum atomic E-state index is -0.636. The zero-order chi connectivity index (χ0) is 31.2. The van der Waals surface area contributed by atoms with Crippen molar-refractivity contribution in [3.8, 4) is 0 Å². The van der Waals surface area contributed by atoms with Crippen molar-refractivity contribution in [2.24, 2.45) is 0 Å². The Labute approximate surface area is 263 Å². The highest BCUT2D eigenvalue weighted by Crippen LogP contribution is 2.46. The minimum Gasteiger partial charge on any atom is -0.368 e. The number of hydrogen-bond donors (Lipinski definition) is 0. The molecule has 0 aliphatic carbocycles. The molecule has 6 heterocycles. The van der Waals surface area contributed by atoms with Gasteiger partial charge in [-0.3, -0.25) is 0 Å². The molecule has 0 aromatic rings. The van der Waals surface area contributed by atoms with Crippen molar-refractivity contribution in [1.82, 2.24) is 0 Å². The lowest BCUT2D eigenvalue weighted by Gasteiger charge is -2.34. The fraction of sp³-hybridized carbons (Fsp3) is 0.722. The van der Waals surface area contributed by atoms with E-state index in [-0.39, 0.29) is 61.4 Å². The molecular weight excluding hydrogens is 560 g/mol. The van der Waals surface area contributed by atoms with Crippen LogP contribution in [-0.4, -0.2) is 73.0 Å². The first-order valence-corrected chi connectivity index (χ1v) is 16.6. The zero-order valence-corrected chi connectivity index (χ0v) is 27.4. The first-order valence-electron chi connectivity index (χ1n) is 16.6. The van der Waals surface area contributed by atoms with E-state index in [0.29, 0.717) is 0 Å². The summed E-state index contributed by atoms with van der Waals surface area (Å²) >= 11 is 0. The van der Waals surface area contributed by atoms with E-state index in [9.17, 15) is 0 Å². The molecule has 0 N–H and O–H groups in total. The van der Waals surface area contributed by atoms with Crippen molar-refractivity contribution in [3.63, 3.8) is 0 Å². The SMILES string of the molecule is C=C(C)C[C@H]1O[C@H](CCC/C=C/CCC[C@@H]2C=C3[C@H]4OC(C)(C)O[C@H]4O[C@@H]3[C@@H](CC(=C)C)O2)C=C2[C@H]3OC(C)(C)O[C@H]3O[C@@H]21. The normalized spacial score (nSPS) is 39.9. The lowest BCUT2D eigenvalue weighted by molar-refractivity contribution is -0.215. The fourth-order valence-corrected chi connectivity index (χ4v) is 7.37. The molecule has 0 bridgehead atoms. The molecule has 0 radical (unpaired) electrons. The van der Waals surface area contributed by atoms with Crippen LogP contribution in [0.1, 0.15) is 92.9 Å². The standard InChI is InChI=1S/C36H52O8/c1-21(2)17-27-29-25(31-33(39-29)43-35(5,6)41-31)19-23(37-27)15-13-11-9-10-12-14-16-24-20-26-30(28(38-24)18-22(3)4)40-34-32(26)42-36(7,8)44-34/h9-10,19-20,23-24,27-34H,1,3,11-18H2,2,4-8H3/b10-9+/t23-,24-,27-,28-,29+,30+,31-,32-,33-,34-/m1/s1. The van der Waals surface area contributed by atoms with E-state index in [0.717, 1.165) is 62.5 Å². The molecule has 44 heavy (non-hydrogen) atoms. The molecule has 8 nitrogen and oxygen atoms in total. The van der Waals surface area contributed by atoms with Gasteiger partial charge in [0.1, 0.15) is 24.4 Å². The molecule has 0 unspecified atom stereocenters. The quantitative estimate of drug-likeness (QED) is 0.173. The third-order valence-electron chi connectivity index (χ3n) is 9.11. The van der Waals surface area contributed by atoms with Crippen molar-refractivity contribution in [3.05, 3.63) is 59.8 Å². The Morgan fingerprint density at radius 1 is 0.636 bits per heavy atom. The lowest BCUT2D eigenvalue weighted by atomic mass is 9.92. The van der Waals surface area contributed by atoms with E-state index in [4.69, 9.17) is 37.9 Å². The number of rotatable bonds is 12. The molecule has 6 aliphatic rings. The van der Waals surface area contributed by atoms with Gasteiger partial charge in [0.15, 0.2) is 24.2 Å². The Bertz CT molecular complexity index is 1090. The molecule has 8 heteroatoms. The zero-order valence-electron chi connectivity index (χ0n) is 27.4. The summed E-state index contributed by atoms with van der Waals surface area (Å²) in [6, 6.07) is 0. The molecule has 0 spiro atoms. The predicted molar refractivity (Wildman–Crippen MR) is 167 cm³/mol. The third-order valence-corrected chi connectivity index (χ3v) is 9.11. The van der Waals surface area contributed by atoms with Gasteiger partial charge in [-0.05, 0) is 104 Å². The average molecular weight is 613 g/mol. The number of fused-ring (bicyclic) bond motifs is 6. The number of ether oxygens (including phenoxy) is 8. The molecule has 4 fully saturated rings. The Morgan fingerprint density at radius 2 is 1.05 bits per heavy atom. The number of unbranched alkanes of at least 4 members (excludes halogenated alkanes) is 2. The molecule has 0 amide bonds. The van der Waals surface area contributed by atoms with Crippen LogP contribution < -0.4 is 0 Å². The van der Waals surface area contributed by atoms with Crippen LogP contribution in [0.15, 0.2) is 59.8 Å². The maximum Gasteiger partial charge on any atom is 0.191 e. The maximum atomic E-state index is 6.49. The second-order valence-corrected chi connectivity index (χ2v) is 14.4. The van der Waals surface area contributed by atoms with Gasteiger partial charge >= 0.3 is 0 Å². The summed E-state index contributed by atoms with van der Waals surface area (Å²) in [5.41, 5.74) is 4.52.